The van der Waals surface area contributed by atoms with Gasteiger partial charge in [0.05, 0.1) is 24.2 Å². The molecule has 1 fully saturated rings. The summed E-state index contributed by atoms with van der Waals surface area (Å²) in [5, 5.41) is 5.78. The fourth-order valence-corrected chi connectivity index (χ4v) is 6.71. The second-order valence-corrected chi connectivity index (χ2v) is 10.2. The van der Waals surface area contributed by atoms with E-state index in [2.05, 4.69) is 35.0 Å². The Labute approximate surface area is 163 Å². The number of rotatable bonds is 3. The maximum absolute atomic E-state index is 13.0. The van der Waals surface area contributed by atoms with E-state index in [1.165, 1.54) is 9.18 Å². The molecule has 0 saturated carbocycles. The summed E-state index contributed by atoms with van der Waals surface area (Å²) >= 11 is 1.77. The van der Waals surface area contributed by atoms with E-state index in [1.807, 2.05) is 12.1 Å². The van der Waals surface area contributed by atoms with E-state index in [-0.39, 0.29) is 12.0 Å². The second-order valence-electron chi connectivity index (χ2n) is 7.26. The van der Waals surface area contributed by atoms with Crippen LogP contribution in [0.2, 0.25) is 0 Å². The van der Waals surface area contributed by atoms with Crippen LogP contribution in [-0.2, 0) is 14.8 Å². The number of hydrogen-bond donors (Lipinski definition) is 1. The minimum absolute atomic E-state index is 0.258. The maximum Gasteiger partial charge on any atom is 0.243 e. The fraction of sp³-hybridized carbons (Fsp3) is 0.400. The van der Waals surface area contributed by atoms with E-state index in [9.17, 15) is 8.42 Å². The Morgan fingerprint density at radius 3 is 2.81 bits per heavy atom. The molecule has 3 heterocycles. The van der Waals surface area contributed by atoms with Gasteiger partial charge in [0, 0.05) is 29.6 Å². The molecule has 1 aromatic carbocycles. The van der Waals surface area contributed by atoms with Gasteiger partial charge in [-0.2, -0.15) is 4.31 Å². The van der Waals surface area contributed by atoms with Gasteiger partial charge in [-0.05, 0) is 47.5 Å². The molecule has 2 aliphatic heterocycles. The van der Waals surface area contributed by atoms with Gasteiger partial charge >= 0.3 is 0 Å². The van der Waals surface area contributed by atoms with Gasteiger partial charge in [-0.15, -0.1) is 11.3 Å². The Balaban J connectivity index is 1.52. The molecular formula is C20H22N2O3S2. The molecule has 1 N–H and O–H groups in total. The molecule has 1 aromatic heterocycles. The number of nitrogens with one attached hydrogen (secondary N) is 1. The average molecular weight is 403 g/mol. The van der Waals surface area contributed by atoms with Crippen molar-refractivity contribution in [3.8, 4) is 0 Å². The highest BCUT2D eigenvalue weighted by atomic mass is 32.2. The molecule has 1 aliphatic carbocycles. The van der Waals surface area contributed by atoms with E-state index in [0.29, 0.717) is 37.1 Å². The van der Waals surface area contributed by atoms with Crippen molar-refractivity contribution in [2.24, 2.45) is 5.92 Å². The summed E-state index contributed by atoms with van der Waals surface area (Å²) < 4.78 is 32.9. The lowest BCUT2D eigenvalue weighted by Crippen LogP contribution is -2.40. The van der Waals surface area contributed by atoms with Crippen molar-refractivity contribution in [2.45, 2.75) is 23.3 Å². The first-order valence-electron chi connectivity index (χ1n) is 9.33. The van der Waals surface area contributed by atoms with Crippen LogP contribution in [0.4, 0.5) is 5.69 Å². The predicted octanol–water partition coefficient (Wildman–Crippen LogP) is 3.60. The highest BCUT2D eigenvalue weighted by Gasteiger charge is 2.39. The number of hydrogen-bond acceptors (Lipinski definition) is 5. The molecule has 142 valence electrons. The Bertz CT molecular complexity index is 963. The first-order chi connectivity index (χ1) is 13.1. The molecule has 3 atom stereocenters. The summed E-state index contributed by atoms with van der Waals surface area (Å²) in [4.78, 5) is 1.72. The van der Waals surface area contributed by atoms with Crippen molar-refractivity contribution < 1.29 is 13.2 Å². The van der Waals surface area contributed by atoms with Crippen molar-refractivity contribution in [1.82, 2.24) is 4.31 Å². The monoisotopic (exact) mass is 402 g/mol. The zero-order chi connectivity index (χ0) is 18.4. The lowest BCUT2D eigenvalue weighted by molar-refractivity contribution is 0.0730. The molecule has 5 rings (SSSR count). The molecule has 0 amide bonds. The summed E-state index contributed by atoms with van der Waals surface area (Å²) in [7, 11) is -3.48. The van der Waals surface area contributed by atoms with Crippen LogP contribution in [0.1, 0.15) is 28.8 Å². The van der Waals surface area contributed by atoms with Gasteiger partial charge in [0.15, 0.2) is 0 Å². The number of sulfonamides is 1. The number of allylic oxidation sites excluding steroid dienone is 2. The van der Waals surface area contributed by atoms with Crippen LogP contribution in [-0.4, -0.2) is 39.0 Å². The summed E-state index contributed by atoms with van der Waals surface area (Å²) in [5.41, 5.74) is 2.14. The van der Waals surface area contributed by atoms with Crippen LogP contribution in [0.15, 0.2) is 52.8 Å². The zero-order valence-corrected chi connectivity index (χ0v) is 16.5. The second kappa shape index (κ2) is 6.74. The van der Waals surface area contributed by atoms with Gasteiger partial charge in [-0.1, -0.05) is 18.2 Å². The first kappa shape index (κ1) is 17.4. The number of nitrogens with zero attached hydrogens (tertiary/aromatic N) is 1. The van der Waals surface area contributed by atoms with E-state index in [1.54, 1.807) is 17.4 Å². The molecular weight excluding hydrogens is 380 g/mol. The van der Waals surface area contributed by atoms with E-state index in [4.69, 9.17) is 4.74 Å². The van der Waals surface area contributed by atoms with Crippen molar-refractivity contribution in [3.63, 3.8) is 0 Å². The minimum atomic E-state index is -3.48. The molecule has 27 heavy (non-hydrogen) atoms. The normalized spacial score (nSPS) is 27.8. The van der Waals surface area contributed by atoms with Crippen LogP contribution in [0.5, 0.6) is 0 Å². The third kappa shape index (κ3) is 2.93. The van der Waals surface area contributed by atoms with E-state index in [0.717, 1.165) is 17.7 Å². The third-order valence-electron chi connectivity index (χ3n) is 5.79. The van der Waals surface area contributed by atoms with Crippen molar-refractivity contribution in [1.29, 1.82) is 0 Å². The lowest BCUT2D eigenvalue weighted by Gasteiger charge is -2.37. The molecule has 0 radical (unpaired) electrons. The van der Waals surface area contributed by atoms with Gasteiger partial charge in [0.1, 0.15) is 0 Å². The lowest BCUT2D eigenvalue weighted by atomic mass is 9.79. The Hall–Kier alpha value is -1.67. The van der Waals surface area contributed by atoms with E-state index < -0.39 is 10.0 Å². The fourth-order valence-electron chi connectivity index (χ4n) is 4.42. The van der Waals surface area contributed by atoms with Crippen LogP contribution >= 0.6 is 11.3 Å². The number of anilines is 1. The van der Waals surface area contributed by atoms with Crippen molar-refractivity contribution in [2.75, 3.05) is 31.6 Å². The Morgan fingerprint density at radius 2 is 2.04 bits per heavy atom. The highest BCUT2D eigenvalue weighted by Crippen LogP contribution is 2.50. The molecule has 2 aromatic rings. The molecule has 3 unspecified atom stereocenters. The summed E-state index contributed by atoms with van der Waals surface area (Å²) in [6.45, 7) is 1.76. The molecule has 1 saturated heterocycles. The van der Waals surface area contributed by atoms with Crippen LogP contribution in [0.25, 0.3) is 0 Å². The molecule has 0 bridgehead atoms. The number of thiophene rings is 1. The van der Waals surface area contributed by atoms with Gasteiger partial charge < -0.3 is 10.1 Å². The summed E-state index contributed by atoms with van der Waals surface area (Å²) in [6, 6.07) is 10.1. The van der Waals surface area contributed by atoms with Gasteiger partial charge in [0.25, 0.3) is 0 Å². The standard InChI is InChI=1S/C20H22N2O3S2/c23-27(24,22-8-10-25-11-9-22)14-6-7-18-17(13-14)15-3-1-4-16(15)20(21-18)19-5-2-12-26-19/h1-3,5-7,12-13,15-16,20-21H,4,8-11H2. The number of ether oxygens (including phenoxy) is 1. The zero-order valence-electron chi connectivity index (χ0n) is 14.9. The maximum atomic E-state index is 13.0. The van der Waals surface area contributed by atoms with Crippen LogP contribution in [0, 0.1) is 5.92 Å². The van der Waals surface area contributed by atoms with Crippen LogP contribution < -0.4 is 5.32 Å². The van der Waals surface area contributed by atoms with Crippen molar-refractivity contribution in [3.05, 3.63) is 58.3 Å². The molecule has 7 heteroatoms. The highest BCUT2D eigenvalue weighted by molar-refractivity contribution is 7.89. The smallest absolute Gasteiger partial charge is 0.243 e. The largest absolute Gasteiger partial charge is 0.379 e. The SMILES string of the molecule is O=S(=O)(c1ccc2c(c1)C1C=CCC1C(c1cccs1)N2)N1CCOCC1. The molecule has 0 spiro atoms. The predicted molar refractivity (Wildman–Crippen MR) is 107 cm³/mol. The quantitative estimate of drug-likeness (QED) is 0.797. The van der Waals surface area contributed by atoms with Gasteiger partial charge in [-0.3, -0.25) is 0 Å². The van der Waals surface area contributed by atoms with Gasteiger partial charge in [-0.25, -0.2) is 8.42 Å². The summed E-state index contributed by atoms with van der Waals surface area (Å²) in [6.07, 6.45) is 5.49. The number of fused-ring (bicyclic) bond motifs is 3. The summed E-state index contributed by atoms with van der Waals surface area (Å²) in [5.74, 6) is 0.686. The number of benzene rings is 1. The topological polar surface area (TPSA) is 58.6 Å². The Morgan fingerprint density at radius 1 is 1.19 bits per heavy atom. The minimum Gasteiger partial charge on any atom is -0.379 e. The molecule has 5 nitrogen and oxygen atoms in total. The molecule has 3 aliphatic rings. The average Bonchev–Trinajstić information content (AvgIpc) is 3.40. The first-order valence-corrected chi connectivity index (χ1v) is 11.6. The number of morpholine rings is 1. The van der Waals surface area contributed by atoms with Crippen molar-refractivity contribution >= 4 is 27.0 Å². The third-order valence-corrected chi connectivity index (χ3v) is 8.64. The van der Waals surface area contributed by atoms with Crippen LogP contribution in [0.3, 0.4) is 0 Å². The van der Waals surface area contributed by atoms with E-state index >= 15 is 0 Å². The van der Waals surface area contributed by atoms with Gasteiger partial charge in [0.2, 0.25) is 10.0 Å². The Kier molecular flexibility index (Phi) is 4.35.